The molecule has 1 spiro atoms. The van der Waals surface area contributed by atoms with Gasteiger partial charge in [0.15, 0.2) is 11.2 Å². The SMILES string of the molecule is CC(C)(C)c1nc(C2CNCC23COC3)c2nnn(Cc3ccccc3Cl)c2n1. The Morgan fingerprint density at radius 1 is 1.24 bits per heavy atom. The fourth-order valence-electron chi connectivity index (χ4n) is 4.21. The Balaban J connectivity index is 1.65. The summed E-state index contributed by atoms with van der Waals surface area (Å²) in [5.41, 5.74) is 3.44. The van der Waals surface area contributed by atoms with Crippen molar-refractivity contribution in [2.75, 3.05) is 26.3 Å². The lowest BCUT2D eigenvalue weighted by molar-refractivity contribution is -0.109. The van der Waals surface area contributed by atoms with Crippen LogP contribution in [0.15, 0.2) is 24.3 Å². The second-order valence-corrected chi connectivity index (χ2v) is 9.64. The second-order valence-electron chi connectivity index (χ2n) is 9.23. The number of nitrogens with one attached hydrogen (secondary N) is 1. The molecule has 152 valence electrons. The lowest BCUT2D eigenvalue weighted by Crippen LogP contribution is -2.48. The maximum absolute atomic E-state index is 6.38. The van der Waals surface area contributed by atoms with Crippen LogP contribution >= 0.6 is 11.6 Å². The molecular weight excluding hydrogens is 388 g/mol. The van der Waals surface area contributed by atoms with E-state index < -0.39 is 0 Å². The Kier molecular flexibility index (Phi) is 4.38. The van der Waals surface area contributed by atoms with Crippen LogP contribution in [0.3, 0.4) is 0 Å². The lowest BCUT2D eigenvalue weighted by Gasteiger charge is -2.42. The third kappa shape index (κ3) is 3.12. The number of halogens is 1. The first-order valence-corrected chi connectivity index (χ1v) is 10.4. The van der Waals surface area contributed by atoms with Gasteiger partial charge in [0.25, 0.3) is 0 Å². The number of hydrogen-bond acceptors (Lipinski definition) is 6. The molecule has 2 aromatic heterocycles. The summed E-state index contributed by atoms with van der Waals surface area (Å²) >= 11 is 6.38. The molecule has 0 bridgehead atoms. The zero-order valence-corrected chi connectivity index (χ0v) is 17.7. The van der Waals surface area contributed by atoms with Gasteiger partial charge < -0.3 is 10.1 Å². The zero-order valence-electron chi connectivity index (χ0n) is 16.9. The van der Waals surface area contributed by atoms with E-state index in [1.165, 1.54) is 0 Å². The van der Waals surface area contributed by atoms with Gasteiger partial charge in [0.1, 0.15) is 5.82 Å². The molecule has 2 aliphatic heterocycles. The fourth-order valence-corrected chi connectivity index (χ4v) is 4.40. The topological polar surface area (TPSA) is 77.8 Å². The van der Waals surface area contributed by atoms with Crippen LogP contribution in [0.5, 0.6) is 0 Å². The molecule has 1 aromatic carbocycles. The molecule has 2 fully saturated rings. The van der Waals surface area contributed by atoms with E-state index in [2.05, 4.69) is 36.4 Å². The minimum absolute atomic E-state index is 0.100. The van der Waals surface area contributed by atoms with Gasteiger partial charge in [-0.05, 0) is 11.6 Å². The van der Waals surface area contributed by atoms with Gasteiger partial charge >= 0.3 is 0 Å². The summed E-state index contributed by atoms with van der Waals surface area (Å²) in [6.07, 6.45) is 0. The van der Waals surface area contributed by atoms with E-state index in [4.69, 9.17) is 26.3 Å². The second kappa shape index (κ2) is 6.72. The number of fused-ring (bicyclic) bond motifs is 1. The van der Waals surface area contributed by atoms with Crippen molar-refractivity contribution in [3.05, 3.63) is 46.4 Å². The molecule has 0 amide bonds. The van der Waals surface area contributed by atoms with Crippen molar-refractivity contribution in [3.8, 4) is 0 Å². The van der Waals surface area contributed by atoms with E-state index in [0.29, 0.717) is 11.6 Å². The van der Waals surface area contributed by atoms with Gasteiger partial charge in [-0.25, -0.2) is 14.6 Å². The Hall–Kier alpha value is -2.09. The molecule has 7 nitrogen and oxygen atoms in total. The van der Waals surface area contributed by atoms with E-state index >= 15 is 0 Å². The largest absolute Gasteiger partial charge is 0.380 e. The molecule has 1 atom stereocenters. The molecule has 0 radical (unpaired) electrons. The lowest BCUT2D eigenvalue weighted by atomic mass is 9.74. The molecule has 5 rings (SSSR count). The molecule has 0 saturated carbocycles. The molecule has 8 heteroatoms. The Labute approximate surface area is 174 Å². The first-order valence-electron chi connectivity index (χ1n) is 10.0. The number of rotatable bonds is 3. The summed E-state index contributed by atoms with van der Waals surface area (Å²) < 4.78 is 7.42. The van der Waals surface area contributed by atoms with Crippen molar-refractivity contribution in [1.29, 1.82) is 0 Å². The van der Waals surface area contributed by atoms with Gasteiger partial charge in [-0.2, -0.15) is 0 Å². The summed E-state index contributed by atoms with van der Waals surface area (Å²) in [5.74, 6) is 1.05. The third-order valence-corrected chi connectivity index (χ3v) is 6.38. The van der Waals surface area contributed by atoms with E-state index in [-0.39, 0.29) is 16.7 Å². The van der Waals surface area contributed by atoms with Crippen LogP contribution in [0.4, 0.5) is 0 Å². The average Bonchev–Trinajstić information content (AvgIpc) is 3.26. The Morgan fingerprint density at radius 2 is 2.03 bits per heavy atom. The summed E-state index contributed by atoms with van der Waals surface area (Å²) in [6, 6.07) is 7.80. The van der Waals surface area contributed by atoms with Crippen LogP contribution in [0, 0.1) is 5.41 Å². The van der Waals surface area contributed by atoms with E-state index in [0.717, 1.165) is 54.5 Å². The van der Waals surface area contributed by atoms with Gasteiger partial charge in [-0.3, -0.25) is 0 Å². The van der Waals surface area contributed by atoms with Crippen molar-refractivity contribution >= 4 is 22.8 Å². The van der Waals surface area contributed by atoms with Gasteiger partial charge in [-0.15, -0.1) is 5.10 Å². The highest BCUT2D eigenvalue weighted by molar-refractivity contribution is 6.31. The highest BCUT2D eigenvalue weighted by Gasteiger charge is 2.51. The first kappa shape index (κ1) is 18.9. The fraction of sp³-hybridized carbons (Fsp3) is 0.524. The average molecular weight is 413 g/mol. The summed E-state index contributed by atoms with van der Waals surface area (Å²) in [4.78, 5) is 9.91. The van der Waals surface area contributed by atoms with Crippen molar-refractivity contribution in [3.63, 3.8) is 0 Å². The minimum atomic E-state index is -0.183. The van der Waals surface area contributed by atoms with Crippen LogP contribution < -0.4 is 5.32 Å². The maximum Gasteiger partial charge on any atom is 0.182 e. The zero-order chi connectivity index (χ0) is 20.2. The molecular formula is C21H25ClN6O. The maximum atomic E-state index is 6.38. The van der Waals surface area contributed by atoms with E-state index in [9.17, 15) is 0 Å². The van der Waals surface area contributed by atoms with Crippen LogP contribution in [0.2, 0.25) is 5.02 Å². The molecule has 2 aliphatic rings. The Morgan fingerprint density at radius 3 is 2.72 bits per heavy atom. The predicted molar refractivity (Wildman–Crippen MR) is 111 cm³/mol. The van der Waals surface area contributed by atoms with Crippen LogP contribution in [0.25, 0.3) is 11.2 Å². The summed E-state index contributed by atoms with van der Waals surface area (Å²) in [6.45, 7) is 10.3. The number of nitrogens with zero attached hydrogens (tertiary/aromatic N) is 5. The Bertz CT molecular complexity index is 1070. The normalized spacial score (nSPS) is 21.0. The van der Waals surface area contributed by atoms with E-state index in [1.807, 2.05) is 28.9 Å². The quantitative estimate of drug-likeness (QED) is 0.712. The smallest absolute Gasteiger partial charge is 0.182 e. The number of ether oxygens (including phenoxy) is 1. The van der Waals surface area contributed by atoms with Gasteiger partial charge in [0.05, 0.1) is 25.5 Å². The van der Waals surface area contributed by atoms with Gasteiger partial charge in [-0.1, -0.05) is 55.8 Å². The van der Waals surface area contributed by atoms with Gasteiger partial charge in [0.2, 0.25) is 0 Å². The van der Waals surface area contributed by atoms with E-state index in [1.54, 1.807) is 0 Å². The van der Waals surface area contributed by atoms with Crippen LogP contribution in [0.1, 0.15) is 43.8 Å². The third-order valence-electron chi connectivity index (χ3n) is 6.01. The van der Waals surface area contributed by atoms with Crippen LogP contribution in [-0.4, -0.2) is 51.3 Å². The number of benzene rings is 1. The highest BCUT2D eigenvalue weighted by Crippen LogP contribution is 2.45. The molecule has 1 N–H and O–H groups in total. The molecule has 4 heterocycles. The summed E-state index contributed by atoms with van der Waals surface area (Å²) in [7, 11) is 0. The van der Waals surface area contributed by atoms with Gasteiger partial charge in [0, 0.05) is 34.9 Å². The van der Waals surface area contributed by atoms with Crippen LogP contribution in [-0.2, 0) is 16.7 Å². The number of aromatic nitrogens is 5. The van der Waals surface area contributed by atoms with Crippen molar-refractivity contribution < 1.29 is 4.74 Å². The highest BCUT2D eigenvalue weighted by atomic mass is 35.5. The minimum Gasteiger partial charge on any atom is -0.380 e. The number of hydrogen-bond donors (Lipinski definition) is 1. The van der Waals surface area contributed by atoms with Crippen molar-refractivity contribution in [1.82, 2.24) is 30.3 Å². The molecule has 1 unspecified atom stereocenters. The molecule has 2 saturated heterocycles. The monoisotopic (exact) mass is 412 g/mol. The predicted octanol–water partition coefficient (Wildman–Crippen LogP) is 2.92. The molecule has 0 aliphatic carbocycles. The molecule has 29 heavy (non-hydrogen) atoms. The molecule has 3 aromatic rings. The van der Waals surface area contributed by atoms with Crippen molar-refractivity contribution in [2.45, 2.75) is 38.6 Å². The first-order chi connectivity index (χ1) is 13.9. The van der Waals surface area contributed by atoms with Crippen molar-refractivity contribution in [2.24, 2.45) is 5.41 Å². The standard InChI is InChI=1S/C21H25ClN6O/c1-20(2,3)19-24-16(14-8-23-10-21(14)11-29-12-21)17-18(25-19)28(27-26-17)9-13-6-4-5-7-15(13)22/h4-7,14,23H,8-12H2,1-3H3. The summed E-state index contributed by atoms with van der Waals surface area (Å²) in [5, 5.41) is 13.2.